The van der Waals surface area contributed by atoms with E-state index < -0.39 is 24.0 Å². The Kier molecular flexibility index (Phi) is 5.79. The molecule has 8 nitrogen and oxygen atoms in total. The Hall–Kier alpha value is -3.73. The van der Waals surface area contributed by atoms with E-state index in [2.05, 4.69) is 44.4 Å². The largest absolute Gasteiger partial charge is 0.368 e. The quantitative estimate of drug-likeness (QED) is 0.456. The predicted molar refractivity (Wildman–Crippen MR) is 127 cm³/mol. The van der Waals surface area contributed by atoms with Gasteiger partial charge in [0.15, 0.2) is 11.6 Å². The molecule has 182 valence electrons. The third-order valence-electron chi connectivity index (χ3n) is 6.02. The number of piperazine rings is 1. The van der Waals surface area contributed by atoms with Crippen LogP contribution in [0.3, 0.4) is 0 Å². The highest BCUT2D eigenvalue weighted by Crippen LogP contribution is 2.31. The summed E-state index contributed by atoms with van der Waals surface area (Å²) in [5.74, 6) is -1.83. The number of aryl methyl sites for hydroxylation is 1. The number of benzene rings is 2. The summed E-state index contributed by atoms with van der Waals surface area (Å²) in [6.07, 6.45) is 0.0881. The minimum Gasteiger partial charge on any atom is -0.368 e. The molecule has 5 rings (SSSR count). The normalized spacial score (nSPS) is 18.5. The number of amides is 1. The Bertz CT molecular complexity index is 1430. The van der Waals surface area contributed by atoms with E-state index in [9.17, 15) is 18.0 Å². The maximum Gasteiger partial charge on any atom is 0.297 e. The fraction of sp³-hybridized carbons (Fsp3) is 0.333. The molecule has 1 aliphatic heterocycles. The molecule has 1 saturated heterocycles. The van der Waals surface area contributed by atoms with E-state index in [1.165, 1.54) is 16.9 Å². The van der Waals surface area contributed by atoms with Crippen LogP contribution in [0.2, 0.25) is 0 Å². The lowest BCUT2D eigenvalue weighted by Gasteiger charge is -2.38. The summed E-state index contributed by atoms with van der Waals surface area (Å²) in [6, 6.07) is 6.55. The molecule has 35 heavy (non-hydrogen) atoms. The second-order valence-electron chi connectivity index (χ2n) is 8.95. The maximum absolute atomic E-state index is 14.5. The van der Waals surface area contributed by atoms with Gasteiger partial charge in [0.25, 0.3) is 12.3 Å². The molecule has 0 spiro atoms. The molecule has 0 bridgehead atoms. The second kappa shape index (κ2) is 8.81. The average molecular weight is 483 g/mol. The van der Waals surface area contributed by atoms with E-state index in [0.717, 1.165) is 5.69 Å². The molecule has 1 fully saturated rings. The van der Waals surface area contributed by atoms with Crippen molar-refractivity contribution in [3.8, 4) is 0 Å². The molecule has 0 unspecified atom stereocenters. The Balaban J connectivity index is 1.56. The molecule has 2 N–H and O–H groups in total. The summed E-state index contributed by atoms with van der Waals surface area (Å²) in [4.78, 5) is 23.2. The zero-order chi connectivity index (χ0) is 24.9. The first-order chi connectivity index (χ1) is 16.7. The number of hydrogen-bond acceptors (Lipinski definition) is 6. The molecular formula is C24H24F3N7O. The molecule has 0 saturated carbocycles. The summed E-state index contributed by atoms with van der Waals surface area (Å²) in [7, 11) is 1.67. The monoisotopic (exact) mass is 483 g/mol. The van der Waals surface area contributed by atoms with Gasteiger partial charge in [0.1, 0.15) is 5.52 Å². The number of halogens is 3. The topological polar surface area (TPSA) is 88.0 Å². The second-order valence-corrected chi connectivity index (χ2v) is 8.95. The predicted octanol–water partition coefficient (Wildman–Crippen LogP) is 4.03. The van der Waals surface area contributed by atoms with Gasteiger partial charge in [-0.1, -0.05) is 0 Å². The van der Waals surface area contributed by atoms with Crippen LogP contribution in [0.1, 0.15) is 36.5 Å². The molecule has 2 atom stereocenters. The van der Waals surface area contributed by atoms with Gasteiger partial charge in [0.05, 0.1) is 11.1 Å². The van der Waals surface area contributed by atoms with E-state index in [1.54, 1.807) is 31.4 Å². The number of rotatable bonds is 4. The van der Waals surface area contributed by atoms with Crippen molar-refractivity contribution in [2.24, 2.45) is 7.05 Å². The number of carbonyl (C=O) groups excluding carboxylic acids is 1. The van der Waals surface area contributed by atoms with Crippen LogP contribution >= 0.6 is 0 Å². The molecule has 4 aromatic rings. The zero-order valence-corrected chi connectivity index (χ0v) is 19.4. The number of fused-ring (bicyclic) bond motifs is 2. The molecule has 1 aliphatic rings. The van der Waals surface area contributed by atoms with Gasteiger partial charge >= 0.3 is 0 Å². The number of anilines is 2. The van der Waals surface area contributed by atoms with Crippen molar-refractivity contribution < 1.29 is 18.0 Å². The first-order valence-electron chi connectivity index (χ1n) is 11.2. The zero-order valence-electron chi connectivity index (χ0n) is 19.4. The lowest BCUT2D eigenvalue weighted by molar-refractivity contribution is 0.102. The third-order valence-corrected chi connectivity index (χ3v) is 6.02. The minimum absolute atomic E-state index is 0.0935. The number of nitrogens with one attached hydrogen (secondary N) is 2. The van der Waals surface area contributed by atoms with Crippen molar-refractivity contribution in [3.05, 3.63) is 53.9 Å². The van der Waals surface area contributed by atoms with Crippen LogP contribution < -0.4 is 15.5 Å². The molecule has 0 radical (unpaired) electrons. The number of nitrogens with zero attached hydrogens (tertiary/aromatic N) is 5. The van der Waals surface area contributed by atoms with Crippen LogP contribution in [0.25, 0.3) is 21.8 Å². The fourth-order valence-electron chi connectivity index (χ4n) is 4.69. The highest BCUT2D eigenvalue weighted by atomic mass is 19.3. The summed E-state index contributed by atoms with van der Waals surface area (Å²) in [5.41, 5.74) is 1.38. The molecule has 1 amide bonds. The molecule has 0 aliphatic carbocycles. The number of alkyl halides is 2. The van der Waals surface area contributed by atoms with Crippen molar-refractivity contribution in [1.82, 2.24) is 25.1 Å². The van der Waals surface area contributed by atoms with E-state index in [-0.39, 0.29) is 34.4 Å². The van der Waals surface area contributed by atoms with Gasteiger partial charge in [-0.25, -0.2) is 23.1 Å². The summed E-state index contributed by atoms with van der Waals surface area (Å²) in [5, 5.41) is 11.2. The van der Waals surface area contributed by atoms with Crippen LogP contribution in [-0.2, 0) is 7.05 Å². The van der Waals surface area contributed by atoms with Crippen LogP contribution in [0, 0.1) is 5.82 Å². The smallest absolute Gasteiger partial charge is 0.297 e. The van der Waals surface area contributed by atoms with Crippen molar-refractivity contribution in [3.63, 3.8) is 0 Å². The van der Waals surface area contributed by atoms with Gasteiger partial charge in [-0.05, 0) is 38.1 Å². The SMILES string of the molecule is C[C@@H]1CN(c2ccc(C(=O)Nc3cc(F)c4nn(C)cc4c3)c3nc(C(F)F)ncc23)C[C@H](C)N1. The van der Waals surface area contributed by atoms with Gasteiger partial charge in [0, 0.05) is 66.8 Å². The van der Waals surface area contributed by atoms with E-state index in [0.29, 0.717) is 23.9 Å². The van der Waals surface area contributed by atoms with Gasteiger partial charge in [0.2, 0.25) is 0 Å². The molecule has 11 heteroatoms. The number of carbonyl (C=O) groups is 1. The minimum atomic E-state index is -2.89. The van der Waals surface area contributed by atoms with Crippen LogP contribution in [0.15, 0.2) is 36.7 Å². The van der Waals surface area contributed by atoms with Crippen LogP contribution in [0.4, 0.5) is 24.5 Å². The summed E-state index contributed by atoms with van der Waals surface area (Å²) < 4.78 is 42.8. The molecule has 3 heterocycles. The van der Waals surface area contributed by atoms with Crippen molar-refractivity contribution in [1.29, 1.82) is 0 Å². The first-order valence-corrected chi connectivity index (χ1v) is 11.2. The van der Waals surface area contributed by atoms with Crippen molar-refractivity contribution in [2.75, 3.05) is 23.3 Å². The highest BCUT2D eigenvalue weighted by molar-refractivity contribution is 6.14. The number of aromatic nitrogens is 4. The van der Waals surface area contributed by atoms with Gasteiger partial charge in [-0.3, -0.25) is 9.48 Å². The van der Waals surface area contributed by atoms with Gasteiger partial charge in [-0.2, -0.15) is 5.10 Å². The van der Waals surface area contributed by atoms with Crippen LogP contribution in [-0.4, -0.2) is 50.8 Å². The number of hydrogen-bond donors (Lipinski definition) is 2. The summed E-state index contributed by atoms with van der Waals surface area (Å²) in [6.45, 7) is 5.53. The van der Waals surface area contributed by atoms with Crippen LogP contribution in [0.5, 0.6) is 0 Å². The summed E-state index contributed by atoms with van der Waals surface area (Å²) >= 11 is 0. The molecule has 2 aromatic carbocycles. The first kappa shape index (κ1) is 23.0. The lowest BCUT2D eigenvalue weighted by Crippen LogP contribution is -2.54. The van der Waals surface area contributed by atoms with E-state index in [1.807, 2.05) is 0 Å². The molecule has 2 aromatic heterocycles. The van der Waals surface area contributed by atoms with E-state index in [4.69, 9.17) is 0 Å². The Morgan fingerprint density at radius 3 is 2.63 bits per heavy atom. The Morgan fingerprint density at radius 1 is 1.17 bits per heavy atom. The highest BCUT2D eigenvalue weighted by Gasteiger charge is 2.25. The van der Waals surface area contributed by atoms with Crippen molar-refractivity contribution in [2.45, 2.75) is 32.4 Å². The van der Waals surface area contributed by atoms with Gasteiger partial charge in [-0.15, -0.1) is 0 Å². The Labute approximate surface area is 199 Å². The van der Waals surface area contributed by atoms with Gasteiger partial charge < -0.3 is 15.5 Å². The molecular weight excluding hydrogens is 459 g/mol. The Morgan fingerprint density at radius 2 is 1.91 bits per heavy atom. The average Bonchev–Trinajstić information content (AvgIpc) is 3.18. The maximum atomic E-state index is 14.5. The van der Waals surface area contributed by atoms with E-state index >= 15 is 0 Å². The van der Waals surface area contributed by atoms with Crippen molar-refractivity contribution >= 4 is 39.1 Å². The standard InChI is InChI=1S/C24H24F3N7O/c1-12-9-34(10-13(2)29-12)19-5-4-16(21-17(19)8-28-23(31-21)22(26)27)24(35)30-15-6-14-11-33(3)32-20(14)18(25)7-15/h4-8,11-13,22,29H,9-10H2,1-3H3,(H,30,35)/t12-,13+. The fourth-order valence-corrected chi connectivity index (χ4v) is 4.69. The lowest BCUT2D eigenvalue weighted by atomic mass is 10.0. The third kappa shape index (κ3) is 4.39.